The number of likely N-dealkylation sites (N-methyl/N-ethyl adjacent to an activating group) is 1. The molecule has 1 aromatic heterocycles. The summed E-state index contributed by atoms with van der Waals surface area (Å²) < 4.78 is 10.5. The second-order valence-electron chi connectivity index (χ2n) is 5.41. The van der Waals surface area contributed by atoms with Gasteiger partial charge in [0.1, 0.15) is 5.75 Å². The number of methoxy groups -OCH3 is 1. The third-order valence-electron chi connectivity index (χ3n) is 3.54. The van der Waals surface area contributed by atoms with Gasteiger partial charge in [0.2, 0.25) is 11.8 Å². The standard InChI is InChI=1S/C17H24N4O3/c1-4-8-15-19-17(24-20-15)12-21(5-2)11-16(22)18-13-9-6-7-10-14(13)23-3/h6-7,9-10H,4-5,8,11-12H2,1-3H3,(H,18,22). The monoisotopic (exact) mass is 332 g/mol. The molecule has 0 aliphatic carbocycles. The van der Waals surface area contributed by atoms with E-state index in [0.29, 0.717) is 36.2 Å². The predicted molar refractivity (Wildman–Crippen MR) is 90.9 cm³/mol. The maximum Gasteiger partial charge on any atom is 0.240 e. The zero-order valence-corrected chi connectivity index (χ0v) is 14.4. The Labute approximate surface area is 142 Å². The number of carbonyl (C=O) groups is 1. The summed E-state index contributed by atoms with van der Waals surface area (Å²) in [5.74, 6) is 1.76. The molecule has 0 unspecified atom stereocenters. The molecule has 7 heteroatoms. The molecule has 0 saturated heterocycles. The minimum Gasteiger partial charge on any atom is -0.495 e. The van der Waals surface area contributed by atoms with E-state index in [1.165, 1.54) is 0 Å². The zero-order valence-electron chi connectivity index (χ0n) is 14.4. The summed E-state index contributed by atoms with van der Waals surface area (Å²) in [7, 11) is 1.58. The number of nitrogens with zero attached hydrogens (tertiary/aromatic N) is 3. The summed E-state index contributed by atoms with van der Waals surface area (Å²) in [4.78, 5) is 18.5. The third-order valence-corrected chi connectivity index (χ3v) is 3.54. The quantitative estimate of drug-likeness (QED) is 0.760. The van der Waals surface area contributed by atoms with Crippen molar-refractivity contribution >= 4 is 11.6 Å². The lowest BCUT2D eigenvalue weighted by atomic mass is 10.3. The van der Waals surface area contributed by atoms with Gasteiger partial charge < -0.3 is 14.6 Å². The molecule has 0 fully saturated rings. The fourth-order valence-corrected chi connectivity index (χ4v) is 2.29. The average Bonchev–Trinajstić information content (AvgIpc) is 3.02. The molecule has 0 aliphatic rings. The number of hydrogen-bond donors (Lipinski definition) is 1. The number of carbonyl (C=O) groups excluding carboxylic acids is 1. The maximum atomic E-state index is 12.3. The number of amides is 1. The van der Waals surface area contributed by atoms with Crippen molar-refractivity contribution in [2.24, 2.45) is 0 Å². The maximum absolute atomic E-state index is 12.3. The van der Waals surface area contributed by atoms with Crippen LogP contribution in [0, 0.1) is 0 Å². The molecule has 1 heterocycles. The second-order valence-corrected chi connectivity index (χ2v) is 5.41. The van der Waals surface area contributed by atoms with Gasteiger partial charge in [0.25, 0.3) is 0 Å². The molecule has 1 N–H and O–H groups in total. The Morgan fingerprint density at radius 1 is 1.33 bits per heavy atom. The number of rotatable bonds is 9. The van der Waals surface area contributed by atoms with E-state index in [1.807, 2.05) is 30.0 Å². The van der Waals surface area contributed by atoms with Gasteiger partial charge in [-0.3, -0.25) is 9.69 Å². The first-order chi connectivity index (χ1) is 11.7. The number of nitrogens with one attached hydrogen (secondary N) is 1. The average molecular weight is 332 g/mol. The second kappa shape index (κ2) is 9.02. The van der Waals surface area contributed by atoms with Crippen LogP contribution in [0.4, 0.5) is 5.69 Å². The normalized spacial score (nSPS) is 10.8. The molecule has 0 bridgehead atoms. The molecule has 1 aromatic carbocycles. The Kier molecular flexibility index (Phi) is 6.74. The van der Waals surface area contributed by atoms with E-state index in [2.05, 4.69) is 22.4 Å². The van der Waals surface area contributed by atoms with E-state index in [1.54, 1.807) is 13.2 Å². The molecule has 0 aliphatic heterocycles. The van der Waals surface area contributed by atoms with Crippen molar-refractivity contribution in [2.45, 2.75) is 33.2 Å². The molecule has 0 atom stereocenters. The molecule has 0 spiro atoms. The largest absolute Gasteiger partial charge is 0.495 e. The van der Waals surface area contributed by atoms with E-state index in [4.69, 9.17) is 9.26 Å². The summed E-state index contributed by atoms with van der Waals surface area (Å²) in [6.45, 7) is 5.44. The van der Waals surface area contributed by atoms with Crippen molar-refractivity contribution in [3.8, 4) is 5.75 Å². The molecule has 2 aromatic rings. The number of anilines is 1. The fraction of sp³-hybridized carbons (Fsp3) is 0.471. The fourth-order valence-electron chi connectivity index (χ4n) is 2.29. The van der Waals surface area contributed by atoms with Crippen LogP contribution >= 0.6 is 0 Å². The first kappa shape index (κ1) is 17.9. The lowest BCUT2D eigenvalue weighted by molar-refractivity contribution is -0.117. The molecule has 24 heavy (non-hydrogen) atoms. The van der Waals surface area contributed by atoms with Gasteiger partial charge in [-0.05, 0) is 25.1 Å². The first-order valence-electron chi connectivity index (χ1n) is 8.12. The van der Waals surface area contributed by atoms with E-state index in [0.717, 1.165) is 12.8 Å². The lowest BCUT2D eigenvalue weighted by Gasteiger charge is -2.18. The van der Waals surface area contributed by atoms with Gasteiger partial charge in [-0.2, -0.15) is 4.98 Å². The lowest BCUT2D eigenvalue weighted by Crippen LogP contribution is -2.33. The van der Waals surface area contributed by atoms with Gasteiger partial charge in [-0.15, -0.1) is 0 Å². The minimum absolute atomic E-state index is 0.116. The van der Waals surface area contributed by atoms with Crippen LogP contribution in [0.2, 0.25) is 0 Å². The van der Waals surface area contributed by atoms with Crippen LogP contribution in [0.5, 0.6) is 5.75 Å². The highest BCUT2D eigenvalue weighted by Crippen LogP contribution is 2.22. The topological polar surface area (TPSA) is 80.5 Å². The number of aryl methyl sites for hydroxylation is 1. The van der Waals surface area contributed by atoms with E-state index in [9.17, 15) is 4.79 Å². The van der Waals surface area contributed by atoms with E-state index < -0.39 is 0 Å². The molecule has 1 amide bonds. The van der Waals surface area contributed by atoms with Crippen LogP contribution in [0.15, 0.2) is 28.8 Å². The number of ether oxygens (including phenoxy) is 1. The summed E-state index contributed by atoms with van der Waals surface area (Å²) in [6, 6.07) is 7.32. The Hall–Kier alpha value is -2.41. The molecule has 0 saturated carbocycles. The van der Waals surface area contributed by atoms with Crippen molar-refractivity contribution in [3.05, 3.63) is 36.0 Å². The molecular formula is C17H24N4O3. The van der Waals surface area contributed by atoms with Crippen molar-refractivity contribution in [3.63, 3.8) is 0 Å². The smallest absolute Gasteiger partial charge is 0.240 e. The van der Waals surface area contributed by atoms with Crippen LogP contribution in [0.25, 0.3) is 0 Å². The Morgan fingerprint density at radius 2 is 2.12 bits per heavy atom. The SMILES string of the molecule is CCCc1noc(CN(CC)CC(=O)Nc2ccccc2OC)n1. The summed E-state index contributed by atoms with van der Waals surface area (Å²) in [6.07, 6.45) is 1.77. The highest BCUT2D eigenvalue weighted by Gasteiger charge is 2.15. The van der Waals surface area contributed by atoms with Crippen molar-refractivity contribution in [1.82, 2.24) is 15.0 Å². The van der Waals surface area contributed by atoms with Gasteiger partial charge >= 0.3 is 0 Å². The predicted octanol–water partition coefficient (Wildman–Crippen LogP) is 2.49. The zero-order chi connectivity index (χ0) is 17.4. The van der Waals surface area contributed by atoms with Crippen LogP contribution in [-0.4, -0.2) is 41.1 Å². The Morgan fingerprint density at radius 3 is 2.83 bits per heavy atom. The number of aromatic nitrogens is 2. The number of benzene rings is 1. The van der Waals surface area contributed by atoms with Crippen molar-refractivity contribution in [1.29, 1.82) is 0 Å². The van der Waals surface area contributed by atoms with Crippen LogP contribution in [-0.2, 0) is 17.8 Å². The molecular weight excluding hydrogens is 308 g/mol. The summed E-state index contributed by atoms with van der Waals surface area (Å²) >= 11 is 0. The van der Waals surface area contributed by atoms with Crippen LogP contribution in [0.1, 0.15) is 32.0 Å². The van der Waals surface area contributed by atoms with Crippen LogP contribution in [0.3, 0.4) is 0 Å². The first-order valence-corrected chi connectivity index (χ1v) is 8.12. The highest BCUT2D eigenvalue weighted by molar-refractivity contribution is 5.93. The van der Waals surface area contributed by atoms with Crippen molar-refractivity contribution in [2.75, 3.05) is 25.5 Å². The summed E-state index contributed by atoms with van der Waals surface area (Å²) in [5, 5.41) is 6.80. The van der Waals surface area contributed by atoms with Crippen LogP contribution < -0.4 is 10.1 Å². The number of para-hydroxylation sites is 2. The van der Waals surface area contributed by atoms with Gasteiger partial charge in [0.15, 0.2) is 5.82 Å². The summed E-state index contributed by atoms with van der Waals surface area (Å²) in [5.41, 5.74) is 0.657. The highest BCUT2D eigenvalue weighted by atomic mass is 16.5. The van der Waals surface area contributed by atoms with E-state index >= 15 is 0 Å². The van der Waals surface area contributed by atoms with E-state index in [-0.39, 0.29) is 12.5 Å². The van der Waals surface area contributed by atoms with Gasteiger partial charge in [0, 0.05) is 6.42 Å². The minimum atomic E-state index is -0.116. The molecule has 130 valence electrons. The third kappa shape index (κ3) is 5.06. The molecule has 0 radical (unpaired) electrons. The Bertz CT molecular complexity index is 657. The number of hydrogen-bond acceptors (Lipinski definition) is 6. The van der Waals surface area contributed by atoms with Gasteiger partial charge in [0.05, 0.1) is 25.9 Å². The van der Waals surface area contributed by atoms with Crippen molar-refractivity contribution < 1.29 is 14.1 Å². The van der Waals surface area contributed by atoms with Gasteiger partial charge in [-0.1, -0.05) is 31.1 Å². The molecule has 7 nitrogen and oxygen atoms in total. The molecule has 2 rings (SSSR count). The van der Waals surface area contributed by atoms with Gasteiger partial charge in [-0.25, -0.2) is 0 Å². The Balaban J connectivity index is 1.92.